The molecule has 594 valence electrons. The Morgan fingerprint density at radius 3 is 0.854 bits per heavy atom. The van der Waals surface area contributed by atoms with Crippen LogP contribution in [-0.2, 0) is 0 Å². The smallest absolute Gasteiger partial charge is 0.256 e. The maximum Gasteiger partial charge on any atom is 0.256 e. The number of rotatable bonds is 12. The first-order chi connectivity index (χ1) is 59.6. The van der Waals surface area contributed by atoms with Crippen molar-refractivity contribution < 1.29 is 9.47 Å². The molecule has 6 heterocycles. The summed E-state index contributed by atoms with van der Waals surface area (Å²) in [5, 5.41) is 4.30. The van der Waals surface area contributed by atoms with Crippen LogP contribution in [0.5, 0.6) is 23.0 Å². The Kier molecular flexibility index (Phi) is 17.4. The van der Waals surface area contributed by atoms with Crippen LogP contribution in [0.2, 0.25) is 0 Å². The van der Waals surface area contributed by atoms with Gasteiger partial charge < -0.3 is 44.2 Å². The average molecular weight is 1590 g/mol. The van der Waals surface area contributed by atoms with Crippen LogP contribution in [-0.4, -0.2) is 20.1 Å². The molecule has 0 fully saturated rings. The van der Waals surface area contributed by atoms with Crippen LogP contribution in [0, 0.1) is 104 Å². The summed E-state index contributed by atoms with van der Waals surface area (Å²) in [6, 6.07) is 111. The Hall–Kier alpha value is -14.1. The first kappa shape index (κ1) is 75.2. The molecule has 12 heteroatoms. The molecule has 0 unspecified atom stereocenters. The molecule has 0 spiro atoms. The number of benzene rings is 16. The molecule has 16 aromatic rings. The zero-order valence-corrected chi connectivity index (χ0v) is 72.4. The van der Waals surface area contributed by atoms with E-state index in [4.69, 9.17) is 9.47 Å². The fourth-order valence-electron chi connectivity index (χ4n) is 21.4. The van der Waals surface area contributed by atoms with Crippen molar-refractivity contribution in [1.82, 2.24) is 0 Å². The van der Waals surface area contributed by atoms with Gasteiger partial charge in [0.05, 0.1) is 34.1 Å². The monoisotopic (exact) mass is 1590 g/mol. The summed E-state index contributed by atoms with van der Waals surface area (Å²) in [4.78, 5) is 15.3. The number of nitrogens with one attached hydrogen (secondary N) is 1. The minimum absolute atomic E-state index is 0.234. The van der Waals surface area contributed by atoms with Gasteiger partial charge in [0, 0.05) is 91.8 Å². The second-order valence-corrected chi connectivity index (χ2v) is 35.6. The first-order valence-corrected chi connectivity index (χ1v) is 43.3. The second kappa shape index (κ2) is 28.5. The van der Waals surface area contributed by atoms with Crippen molar-refractivity contribution in [2.45, 2.75) is 104 Å². The van der Waals surface area contributed by atoms with E-state index in [1.807, 2.05) is 0 Å². The molecule has 6 aliphatic heterocycles. The normalized spacial score (nSPS) is 13.1. The van der Waals surface area contributed by atoms with E-state index in [9.17, 15) is 0 Å². The van der Waals surface area contributed by atoms with E-state index in [2.05, 4.69) is 430 Å². The van der Waals surface area contributed by atoms with Crippen molar-refractivity contribution in [1.29, 1.82) is 0 Å². The van der Waals surface area contributed by atoms with E-state index in [0.717, 1.165) is 159 Å². The van der Waals surface area contributed by atoms with Crippen LogP contribution in [0.1, 0.15) is 83.5 Å². The lowest BCUT2D eigenvalue weighted by molar-refractivity contribution is 0.487. The lowest BCUT2D eigenvalue weighted by Crippen LogP contribution is -2.66. The maximum atomic E-state index is 7.59. The summed E-state index contributed by atoms with van der Waals surface area (Å²) in [7, 11) is 0. The lowest BCUT2D eigenvalue weighted by Gasteiger charge is -2.48. The maximum absolute atomic E-state index is 7.59. The van der Waals surface area contributed by atoms with Gasteiger partial charge in [-0.15, -0.1) is 0 Å². The molecule has 0 bridgehead atoms. The van der Waals surface area contributed by atoms with E-state index in [-0.39, 0.29) is 20.1 Å². The van der Waals surface area contributed by atoms with Crippen LogP contribution >= 0.6 is 0 Å². The number of hydrogen-bond acceptors (Lipinski definition) is 9. The lowest BCUT2D eigenvalue weighted by atomic mass is 9.29. The highest BCUT2D eigenvalue weighted by Gasteiger charge is 2.51. The number of hydrogen-bond donors (Lipinski definition) is 1. The molecular formula is C111H94B3N7O2. The van der Waals surface area contributed by atoms with Crippen LogP contribution < -0.4 is 93.4 Å². The molecule has 0 radical (unpaired) electrons. The van der Waals surface area contributed by atoms with Gasteiger partial charge in [0.25, 0.3) is 20.1 Å². The summed E-state index contributed by atoms with van der Waals surface area (Å²) in [6.07, 6.45) is 0. The van der Waals surface area contributed by atoms with Gasteiger partial charge in [-0.05, 0) is 308 Å². The van der Waals surface area contributed by atoms with Gasteiger partial charge in [-0.25, -0.2) is 0 Å². The molecule has 22 rings (SSSR count). The summed E-state index contributed by atoms with van der Waals surface area (Å²) in [5.41, 5.74) is 49.9. The molecule has 6 aliphatic rings. The van der Waals surface area contributed by atoms with Crippen molar-refractivity contribution in [2.24, 2.45) is 0 Å². The van der Waals surface area contributed by atoms with E-state index in [1.54, 1.807) is 0 Å². The SMILES string of the molecule is Cc1ccc(N(c2ccc(C)cc2)c2cc3c4c(c2)Oc2ccccc2B4c2cc4c(cc2N3)N(c2c(C)cc(C)cc2C)c2cc(N(c3ccc(C)cc3)c3ccc(C)cc3)cc3c2B4c2cc4c(cc2N3c2c(C)cc(C)cc2C)N(c2c(C)cc(C)cc2C)c2cc(N(c3ccc(C)cc3)c3ccc(C)cc3)cc3c2B4c2ccccc2O3)cc1. The van der Waals surface area contributed by atoms with Gasteiger partial charge in [0.15, 0.2) is 0 Å². The van der Waals surface area contributed by atoms with Crippen LogP contribution in [0.25, 0.3) is 0 Å². The van der Waals surface area contributed by atoms with Gasteiger partial charge in [0.2, 0.25) is 0 Å². The number of nitrogens with zero attached hydrogens (tertiary/aromatic N) is 6. The molecule has 0 saturated heterocycles. The van der Waals surface area contributed by atoms with Gasteiger partial charge >= 0.3 is 0 Å². The third-order valence-electron chi connectivity index (χ3n) is 26.6. The van der Waals surface area contributed by atoms with Crippen LogP contribution in [0.4, 0.5) is 114 Å². The van der Waals surface area contributed by atoms with E-state index < -0.39 is 0 Å². The third-order valence-corrected chi connectivity index (χ3v) is 26.6. The third kappa shape index (κ3) is 12.1. The number of ether oxygens (including phenoxy) is 2. The first-order valence-electron chi connectivity index (χ1n) is 43.3. The Morgan fingerprint density at radius 1 is 0.211 bits per heavy atom. The van der Waals surface area contributed by atoms with Crippen molar-refractivity contribution in [2.75, 3.05) is 34.7 Å². The van der Waals surface area contributed by atoms with Gasteiger partial charge in [-0.3, -0.25) is 0 Å². The average Bonchev–Trinajstić information content (AvgIpc) is 0.676. The number of aryl methyl sites for hydroxylation is 15. The van der Waals surface area contributed by atoms with Gasteiger partial charge in [-0.1, -0.05) is 208 Å². The molecule has 1 N–H and O–H groups in total. The van der Waals surface area contributed by atoms with Crippen molar-refractivity contribution in [3.05, 3.63) is 375 Å². The van der Waals surface area contributed by atoms with Gasteiger partial charge in [-0.2, -0.15) is 0 Å². The fraction of sp³-hybridized carbons (Fsp3) is 0.135. The predicted molar refractivity (Wildman–Crippen MR) is 522 cm³/mol. The topological polar surface area (TPSA) is 49.9 Å². The number of anilines is 20. The standard InChI is InChI=1S/C111H94B3N7O2/c1-64-24-36-79(37-25-64)116(80-38-26-65(2)27-39-80)85-54-95-106-104(58-85)122-102-22-18-16-20-88(102)112(106)90-60-91-96(62-94(90)115-95)119(109-73(10)48-70(7)49-74(109)11)99-55-86(117(81-40-28-66(3)29-41-81)82-42-30-67(4)31-43-82)56-100-107(99)114(91)93-61-92-97(63-98(93)120(100)110-75(12)50-71(8)51-76(110)13)121(111-77(14)52-72(9)53-78(111)15)101-57-87(59-105-108(101)113(92)89-21-17-19-23-103(89)123-105)118(83-44-32-68(5)33-45-83)84-46-34-69(6)35-47-84/h16-63,115H,1-15H3. The van der Waals surface area contributed by atoms with E-state index in [0.29, 0.717) is 0 Å². The summed E-state index contributed by atoms with van der Waals surface area (Å²) >= 11 is 0. The highest BCUT2D eigenvalue weighted by molar-refractivity contribution is 7.04. The minimum atomic E-state index is -0.371. The summed E-state index contributed by atoms with van der Waals surface area (Å²) in [6.45, 7) is 32.8. The highest BCUT2D eigenvalue weighted by atomic mass is 16.5. The summed E-state index contributed by atoms with van der Waals surface area (Å²) in [5.74, 6) is 3.34. The molecule has 0 atom stereocenters. The molecule has 123 heavy (non-hydrogen) atoms. The molecule has 0 amide bonds. The second-order valence-electron chi connectivity index (χ2n) is 35.6. The van der Waals surface area contributed by atoms with Crippen molar-refractivity contribution >= 4 is 183 Å². The molecule has 0 aliphatic carbocycles. The van der Waals surface area contributed by atoms with E-state index in [1.165, 1.54) is 111 Å². The Morgan fingerprint density at radius 2 is 0.496 bits per heavy atom. The number of para-hydroxylation sites is 2. The van der Waals surface area contributed by atoms with E-state index >= 15 is 0 Å². The number of fused-ring (bicyclic) bond motifs is 12. The highest BCUT2D eigenvalue weighted by Crippen LogP contribution is 2.55. The quantitative estimate of drug-likeness (QED) is 0.121. The Labute approximate surface area is 724 Å². The molecule has 0 aromatic heterocycles. The summed E-state index contributed by atoms with van der Waals surface area (Å²) < 4.78 is 15.0. The predicted octanol–water partition coefficient (Wildman–Crippen LogP) is 23.9. The molecular weight excluding hydrogens is 1500 g/mol. The molecule has 0 saturated carbocycles. The fourth-order valence-corrected chi connectivity index (χ4v) is 21.4. The van der Waals surface area contributed by atoms with Crippen molar-refractivity contribution in [3.63, 3.8) is 0 Å². The molecule has 9 nitrogen and oxygen atoms in total. The zero-order chi connectivity index (χ0) is 84.0. The minimum Gasteiger partial charge on any atom is -0.458 e. The molecule has 16 aromatic carbocycles. The van der Waals surface area contributed by atoms with Crippen LogP contribution in [0.15, 0.2) is 291 Å². The Balaban J connectivity index is 0.877. The van der Waals surface area contributed by atoms with Crippen molar-refractivity contribution in [3.8, 4) is 23.0 Å². The van der Waals surface area contributed by atoms with Gasteiger partial charge in [0.1, 0.15) is 23.0 Å². The largest absolute Gasteiger partial charge is 0.458 e. The Bertz CT molecular complexity index is 6920. The van der Waals surface area contributed by atoms with Crippen LogP contribution in [0.3, 0.4) is 0 Å². The zero-order valence-electron chi connectivity index (χ0n) is 72.4.